The minimum absolute atomic E-state index is 0.132. The summed E-state index contributed by atoms with van der Waals surface area (Å²) in [6, 6.07) is 15.6. The lowest BCUT2D eigenvalue weighted by Gasteiger charge is -2.24. The summed E-state index contributed by atoms with van der Waals surface area (Å²) < 4.78 is 1.65. The Labute approximate surface area is 184 Å². The van der Waals surface area contributed by atoms with Crippen LogP contribution in [-0.4, -0.2) is 39.1 Å². The molecule has 6 nitrogen and oxygen atoms in total. The first-order chi connectivity index (χ1) is 14.5. The highest BCUT2D eigenvalue weighted by Crippen LogP contribution is 2.27. The third-order valence-electron chi connectivity index (χ3n) is 5.16. The Bertz CT molecular complexity index is 1070. The van der Waals surface area contributed by atoms with Crippen molar-refractivity contribution in [3.8, 4) is 0 Å². The summed E-state index contributed by atoms with van der Waals surface area (Å²) in [6.07, 6.45) is 3.02. The van der Waals surface area contributed by atoms with Gasteiger partial charge in [0.05, 0.1) is 22.8 Å². The van der Waals surface area contributed by atoms with Gasteiger partial charge in [-0.2, -0.15) is 5.10 Å². The fraction of sp³-hybridized carbons (Fsp3) is 0.227. The molecule has 0 saturated carbocycles. The molecule has 154 valence electrons. The molecule has 3 aromatic rings. The van der Waals surface area contributed by atoms with Crippen LogP contribution in [0.15, 0.2) is 60.8 Å². The molecule has 1 aliphatic rings. The van der Waals surface area contributed by atoms with Gasteiger partial charge in [-0.1, -0.05) is 53.5 Å². The van der Waals surface area contributed by atoms with E-state index in [0.717, 1.165) is 12.0 Å². The summed E-state index contributed by atoms with van der Waals surface area (Å²) in [5.41, 5.74) is 1.38. The number of anilines is 1. The number of carbonyl (C=O) groups is 2. The van der Waals surface area contributed by atoms with Crippen LogP contribution in [0.3, 0.4) is 0 Å². The normalized spacial score (nSPS) is 15.9. The molecule has 2 aromatic carbocycles. The quantitative estimate of drug-likeness (QED) is 0.632. The number of likely N-dealkylation sites (tertiary alicyclic amines) is 1. The Morgan fingerprint density at radius 1 is 1.07 bits per heavy atom. The molecule has 1 fully saturated rings. The van der Waals surface area contributed by atoms with Crippen molar-refractivity contribution in [2.75, 3.05) is 11.9 Å². The van der Waals surface area contributed by atoms with Crippen molar-refractivity contribution in [1.29, 1.82) is 0 Å². The molecule has 1 N–H and O–H groups in total. The monoisotopic (exact) mass is 442 g/mol. The Hall–Kier alpha value is -2.83. The summed E-state index contributed by atoms with van der Waals surface area (Å²) in [7, 11) is 0. The summed E-state index contributed by atoms with van der Waals surface area (Å²) in [4.78, 5) is 27.5. The predicted octanol–water partition coefficient (Wildman–Crippen LogP) is 4.48. The standard InChI is InChI=1S/C22H20Cl2N4O2/c23-17-9-4-8-16(20(17)24)14-28-19(11-12-25-28)26-21(29)18-10-5-13-27(18)22(30)15-6-2-1-3-7-15/h1-4,6-9,11-12,18H,5,10,13-14H2,(H,26,29). The van der Waals surface area contributed by atoms with Crippen LogP contribution < -0.4 is 5.32 Å². The van der Waals surface area contributed by atoms with E-state index in [1.807, 2.05) is 30.3 Å². The molecule has 1 aromatic heterocycles. The maximum absolute atomic E-state index is 13.0. The van der Waals surface area contributed by atoms with Crippen molar-refractivity contribution in [2.45, 2.75) is 25.4 Å². The summed E-state index contributed by atoms with van der Waals surface area (Å²) in [5.74, 6) is 0.179. The van der Waals surface area contributed by atoms with Gasteiger partial charge < -0.3 is 10.2 Å². The second-order valence-electron chi connectivity index (χ2n) is 7.10. The van der Waals surface area contributed by atoms with Crippen molar-refractivity contribution >= 4 is 40.8 Å². The van der Waals surface area contributed by atoms with E-state index in [2.05, 4.69) is 10.4 Å². The first-order valence-electron chi connectivity index (χ1n) is 9.66. The number of aromatic nitrogens is 2. The van der Waals surface area contributed by atoms with E-state index in [0.29, 0.717) is 40.9 Å². The van der Waals surface area contributed by atoms with Crippen molar-refractivity contribution in [1.82, 2.24) is 14.7 Å². The van der Waals surface area contributed by atoms with Gasteiger partial charge in [-0.05, 0) is 36.6 Å². The molecule has 1 aliphatic heterocycles. The van der Waals surface area contributed by atoms with E-state index in [4.69, 9.17) is 23.2 Å². The summed E-state index contributed by atoms with van der Waals surface area (Å²) in [6.45, 7) is 0.919. The van der Waals surface area contributed by atoms with Gasteiger partial charge in [0.15, 0.2) is 0 Å². The molecular formula is C22H20Cl2N4O2. The maximum Gasteiger partial charge on any atom is 0.254 e. The number of amides is 2. The lowest BCUT2D eigenvalue weighted by Crippen LogP contribution is -2.43. The summed E-state index contributed by atoms with van der Waals surface area (Å²) in [5, 5.41) is 8.12. The van der Waals surface area contributed by atoms with E-state index < -0.39 is 6.04 Å². The number of carbonyl (C=O) groups excluding carboxylic acids is 2. The molecule has 1 saturated heterocycles. The largest absolute Gasteiger partial charge is 0.327 e. The number of nitrogens with one attached hydrogen (secondary N) is 1. The number of rotatable bonds is 5. The average Bonchev–Trinajstić information content (AvgIpc) is 3.41. The Morgan fingerprint density at radius 3 is 2.67 bits per heavy atom. The van der Waals surface area contributed by atoms with E-state index in [-0.39, 0.29) is 11.8 Å². The molecule has 1 unspecified atom stereocenters. The Balaban J connectivity index is 1.48. The molecule has 0 radical (unpaired) electrons. The highest BCUT2D eigenvalue weighted by molar-refractivity contribution is 6.42. The smallest absolute Gasteiger partial charge is 0.254 e. The molecule has 2 heterocycles. The van der Waals surface area contributed by atoms with E-state index in [1.54, 1.807) is 40.0 Å². The van der Waals surface area contributed by atoms with Gasteiger partial charge in [-0.15, -0.1) is 0 Å². The molecule has 0 spiro atoms. The average molecular weight is 443 g/mol. The van der Waals surface area contributed by atoms with E-state index in [9.17, 15) is 9.59 Å². The molecule has 30 heavy (non-hydrogen) atoms. The first kappa shape index (κ1) is 20.4. The van der Waals surface area contributed by atoms with Crippen LogP contribution in [0, 0.1) is 0 Å². The number of benzene rings is 2. The second-order valence-corrected chi connectivity index (χ2v) is 7.88. The van der Waals surface area contributed by atoms with Crippen LogP contribution in [0.4, 0.5) is 5.82 Å². The lowest BCUT2D eigenvalue weighted by molar-refractivity contribution is -0.119. The first-order valence-corrected chi connectivity index (χ1v) is 10.4. The van der Waals surface area contributed by atoms with Gasteiger partial charge in [0.25, 0.3) is 5.91 Å². The van der Waals surface area contributed by atoms with E-state index in [1.165, 1.54) is 0 Å². The van der Waals surface area contributed by atoms with Crippen LogP contribution in [0.5, 0.6) is 0 Å². The number of halogens is 2. The molecule has 0 aliphatic carbocycles. The van der Waals surface area contributed by atoms with Gasteiger partial charge in [-0.25, -0.2) is 4.68 Å². The van der Waals surface area contributed by atoms with Crippen LogP contribution >= 0.6 is 23.2 Å². The molecular weight excluding hydrogens is 423 g/mol. The zero-order valence-electron chi connectivity index (χ0n) is 16.1. The van der Waals surface area contributed by atoms with Crippen LogP contribution in [0.25, 0.3) is 0 Å². The minimum Gasteiger partial charge on any atom is -0.327 e. The zero-order chi connectivity index (χ0) is 21.1. The molecule has 1 atom stereocenters. The highest BCUT2D eigenvalue weighted by Gasteiger charge is 2.34. The molecule has 0 bridgehead atoms. The Kier molecular flexibility index (Phi) is 6.06. The minimum atomic E-state index is -0.518. The Morgan fingerprint density at radius 2 is 1.87 bits per heavy atom. The van der Waals surface area contributed by atoms with Crippen molar-refractivity contribution in [3.05, 3.63) is 82.0 Å². The van der Waals surface area contributed by atoms with Gasteiger partial charge in [-0.3, -0.25) is 9.59 Å². The third kappa shape index (κ3) is 4.20. The fourth-order valence-corrected chi connectivity index (χ4v) is 4.02. The number of nitrogens with zero attached hydrogens (tertiary/aromatic N) is 3. The fourth-order valence-electron chi connectivity index (χ4n) is 3.64. The maximum atomic E-state index is 13.0. The molecule has 8 heteroatoms. The van der Waals surface area contributed by atoms with Crippen molar-refractivity contribution in [2.24, 2.45) is 0 Å². The highest BCUT2D eigenvalue weighted by atomic mass is 35.5. The predicted molar refractivity (Wildman–Crippen MR) is 117 cm³/mol. The van der Waals surface area contributed by atoms with Gasteiger partial charge in [0, 0.05) is 18.2 Å². The number of hydrogen-bond donors (Lipinski definition) is 1. The van der Waals surface area contributed by atoms with Crippen LogP contribution in [-0.2, 0) is 11.3 Å². The van der Waals surface area contributed by atoms with Gasteiger partial charge >= 0.3 is 0 Å². The molecule has 2 amide bonds. The molecule has 4 rings (SSSR count). The van der Waals surface area contributed by atoms with Gasteiger partial charge in [0.2, 0.25) is 5.91 Å². The van der Waals surface area contributed by atoms with Gasteiger partial charge in [0.1, 0.15) is 11.9 Å². The summed E-state index contributed by atoms with van der Waals surface area (Å²) >= 11 is 12.4. The zero-order valence-corrected chi connectivity index (χ0v) is 17.6. The lowest BCUT2D eigenvalue weighted by atomic mass is 10.1. The third-order valence-corrected chi connectivity index (χ3v) is 6.01. The van der Waals surface area contributed by atoms with Crippen molar-refractivity contribution in [3.63, 3.8) is 0 Å². The SMILES string of the molecule is O=C(Nc1ccnn1Cc1cccc(Cl)c1Cl)C1CCCN1C(=O)c1ccccc1. The van der Waals surface area contributed by atoms with Crippen molar-refractivity contribution < 1.29 is 9.59 Å². The number of hydrogen-bond acceptors (Lipinski definition) is 3. The van der Waals surface area contributed by atoms with Crippen LogP contribution in [0.2, 0.25) is 10.0 Å². The van der Waals surface area contributed by atoms with Crippen LogP contribution in [0.1, 0.15) is 28.8 Å². The van der Waals surface area contributed by atoms with E-state index >= 15 is 0 Å². The topological polar surface area (TPSA) is 67.2 Å². The second kappa shape index (κ2) is 8.90.